The van der Waals surface area contributed by atoms with Crippen LogP contribution < -0.4 is 0 Å². The molecule has 0 spiro atoms. The maximum Gasteiger partial charge on any atom is 0.311 e. The van der Waals surface area contributed by atoms with Gasteiger partial charge in [0.05, 0.1) is 29.7 Å². The molecule has 1 aromatic heterocycles. The summed E-state index contributed by atoms with van der Waals surface area (Å²) < 4.78 is 37.2. The highest BCUT2D eigenvalue weighted by molar-refractivity contribution is 7.91. The first kappa shape index (κ1) is 20.6. The second kappa shape index (κ2) is 8.89. The molecule has 0 amide bonds. The Morgan fingerprint density at radius 1 is 1.15 bits per heavy atom. The third-order valence-corrected chi connectivity index (χ3v) is 8.09. The Balaban J connectivity index is 1.58. The first-order chi connectivity index (χ1) is 12.9. The smallest absolute Gasteiger partial charge is 0.311 e. The van der Waals surface area contributed by atoms with Gasteiger partial charge in [0.15, 0.2) is 0 Å². The number of thiophene rings is 1. The summed E-state index contributed by atoms with van der Waals surface area (Å²) >= 11 is 12.9. The SMILES string of the molecule is O=C(Cc1ccc(S(=O)(=O)N2CCOCC2)s1)OCc1ccc(Cl)c(Cl)c1. The molecular formula is C17H17Cl2NO5S2. The van der Waals surface area contributed by atoms with Gasteiger partial charge in [0.2, 0.25) is 0 Å². The third-order valence-electron chi connectivity index (χ3n) is 3.90. The summed E-state index contributed by atoms with van der Waals surface area (Å²) in [6, 6.07) is 8.15. The highest BCUT2D eigenvalue weighted by atomic mass is 35.5. The van der Waals surface area contributed by atoms with Gasteiger partial charge in [-0.15, -0.1) is 11.3 Å². The van der Waals surface area contributed by atoms with E-state index in [0.717, 1.165) is 16.9 Å². The first-order valence-corrected chi connectivity index (χ1v) is 11.1. The lowest BCUT2D eigenvalue weighted by molar-refractivity contribution is -0.144. The van der Waals surface area contributed by atoms with Gasteiger partial charge < -0.3 is 9.47 Å². The maximum absolute atomic E-state index is 12.6. The first-order valence-electron chi connectivity index (χ1n) is 8.12. The molecule has 0 N–H and O–H groups in total. The molecule has 0 saturated carbocycles. The highest BCUT2D eigenvalue weighted by Crippen LogP contribution is 2.26. The van der Waals surface area contributed by atoms with Crippen LogP contribution in [0.25, 0.3) is 0 Å². The molecule has 3 rings (SSSR count). The molecule has 6 nitrogen and oxygen atoms in total. The molecule has 2 heterocycles. The van der Waals surface area contributed by atoms with Crippen molar-refractivity contribution in [2.45, 2.75) is 17.2 Å². The Kier molecular flexibility index (Phi) is 6.78. The van der Waals surface area contributed by atoms with Crippen LogP contribution in [0.5, 0.6) is 0 Å². The van der Waals surface area contributed by atoms with Crippen molar-refractivity contribution >= 4 is 50.5 Å². The minimum Gasteiger partial charge on any atom is -0.461 e. The van der Waals surface area contributed by atoms with Gasteiger partial charge in [-0.1, -0.05) is 29.3 Å². The minimum atomic E-state index is -3.55. The fraction of sp³-hybridized carbons (Fsp3) is 0.353. The summed E-state index contributed by atoms with van der Waals surface area (Å²) in [7, 11) is -3.55. The van der Waals surface area contributed by atoms with Crippen LogP contribution in [0, 0.1) is 0 Å². The summed E-state index contributed by atoms with van der Waals surface area (Å²) in [5, 5.41) is 0.820. The van der Waals surface area contributed by atoms with Crippen molar-refractivity contribution in [3.63, 3.8) is 0 Å². The Hall–Kier alpha value is -1.16. The standard InChI is InChI=1S/C17H17Cl2NO5S2/c18-14-3-1-12(9-15(14)19)11-25-16(21)10-13-2-4-17(26-13)27(22,23)20-5-7-24-8-6-20/h1-4,9H,5-8,10-11H2. The average molecular weight is 450 g/mol. The van der Waals surface area contributed by atoms with E-state index < -0.39 is 16.0 Å². The lowest BCUT2D eigenvalue weighted by atomic mass is 10.2. The molecule has 2 aromatic rings. The van der Waals surface area contributed by atoms with Crippen LogP contribution in [0.3, 0.4) is 0 Å². The van der Waals surface area contributed by atoms with Gasteiger partial charge in [-0.25, -0.2) is 8.42 Å². The lowest BCUT2D eigenvalue weighted by Crippen LogP contribution is -2.40. The molecule has 1 aliphatic heterocycles. The Labute approximate surface area is 171 Å². The Morgan fingerprint density at radius 2 is 1.89 bits per heavy atom. The van der Waals surface area contributed by atoms with Crippen molar-refractivity contribution in [1.29, 1.82) is 0 Å². The second-order valence-electron chi connectivity index (χ2n) is 5.82. The summed E-state index contributed by atoms with van der Waals surface area (Å²) in [6.45, 7) is 1.51. The summed E-state index contributed by atoms with van der Waals surface area (Å²) in [5.41, 5.74) is 0.722. The fourth-order valence-electron chi connectivity index (χ4n) is 2.49. The number of nitrogens with zero attached hydrogens (tertiary/aromatic N) is 1. The molecule has 0 unspecified atom stereocenters. The van der Waals surface area contributed by atoms with E-state index >= 15 is 0 Å². The van der Waals surface area contributed by atoms with E-state index in [4.69, 9.17) is 32.7 Å². The average Bonchev–Trinajstić information content (AvgIpc) is 3.13. The summed E-state index contributed by atoms with van der Waals surface area (Å²) in [6.07, 6.45) is 0.00458. The zero-order valence-electron chi connectivity index (χ0n) is 14.2. The third kappa shape index (κ3) is 5.22. The summed E-state index contributed by atoms with van der Waals surface area (Å²) in [4.78, 5) is 12.7. The van der Waals surface area contributed by atoms with Crippen LogP contribution in [0.2, 0.25) is 10.0 Å². The monoisotopic (exact) mass is 449 g/mol. The molecule has 27 heavy (non-hydrogen) atoms. The van der Waals surface area contributed by atoms with Crippen molar-refractivity contribution in [3.8, 4) is 0 Å². The van der Waals surface area contributed by atoms with Gasteiger partial charge in [-0.3, -0.25) is 4.79 Å². The number of rotatable bonds is 6. The van der Waals surface area contributed by atoms with Gasteiger partial charge in [0.1, 0.15) is 10.8 Å². The number of carbonyl (C=O) groups excluding carboxylic acids is 1. The number of morpholine rings is 1. The predicted octanol–water partition coefficient (Wildman–Crippen LogP) is 3.36. The number of hydrogen-bond donors (Lipinski definition) is 0. The van der Waals surface area contributed by atoms with E-state index in [-0.39, 0.29) is 17.2 Å². The fourth-order valence-corrected chi connectivity index (χ4v) is 5.72. The molecule has 0 radical (unpaired) electrons. The van der Waals surface area contributed by atoms with E-state index in [1.165, 1.54) is 10.4 Å². The highest BCUT2D eigenvalue weighted by Gasteiger charge is 2.28. The Bertz CT molecular complexity index is 923. The van der Waals surface area contributed by atoms with Gasteiger partial charge in [0, 0.05) is 18.0 Å². The van der Waals surface area contributed by atoms with E-state index in [0.29, 0.717) is 41.2 Å². The number of ether oxygens (including phenoxy) is 2. The predicted molar refractivity (Wildman–Crippen MR) is 104 cm³/mol. The quantitative estimate of drug-likeness (QED) is 0.632. The number of sulfonamides is 1. The molecule has 10 heteroatoms. The normalized spacial score (nSPS) is 15.6. The van der Waals surface area contributed by atoms with E-state index in [9.17, 15) is 13.2 Å². The van der Waals surface area contributed by atoms with E-state index in [1.807, 2.05) is 0 Å². The molecule has 1 aromatic carbocycles. The molecule has 0 bridgehead atoms. The largest absolute Gasteiger partial charge is 0.461 e. The number of hydrogen-bond acceptors (Lipinski definition) is 6. The van der Waals surface area contributed by atoms with Crippen LogP contribution in [-0.2, 0) is 37.3 Å². The molecule has 1 fully saturated rings. The zero-order chi connectivity index (χ0) is 19.4. The van der Waals surface area contributed by atoms with Crippen molar-refractivity contribution in [3.05, 3.63) is 50.8 Å². The van der Waals surface area contributed by atoms with Crippen molar-refractivity contribution in [2.75, 3.05) is 26.3 Å². The lowest BCUT2D eigenvalue weighted by Gasteiger charge is -2.25. The van der Waals surface area contributed by atoms with Crippen LogP contribution in [-0.4, -0.2) is 45.0 Å². The maximum atomic E-state index is 12.6. The topological polar surface area (TPSA) is 72.9 Å². The van der Waals surface area contributed by atoms with Crippen LogP contribution in [0.1, 0.15) is 10.4 Å². The molecule has 0 atom stereocenters. The molecule has 1 saturated heterocycles. The van der Waals surface area contributed by atoms with E-state index in [1.54, 1.807) is 24.3 Å². The van der Waals surface area contributed by atoms with Gasteiger partial charge >= 0.3 is 5.97 Å². The molecule has 1 aliphatic rings. The van der Waals surface area contributed by atoms with Gasteiger partial charge in [-0.2, -0.15) is 4.31 Å². The number of esters is 1. The number of benzene rings is 1. The van der Waals surface area contributed by atoms with Gasteiger partial charge in [0.25, 0.3) is 10.0 Å². The molecule has 0 aliphatic carbocycles. The number of carbonyl (C=O) groups is 1. The van der Waals surface area contributed by atoms with Crippen LogP contribution in [0.15, 0.2) is 34.5 Å². The van der Waals surface area contributed by atoms with Crippen molar-refractivity contribution < 1.29 is 22.7 Å². The van der Waals surface area contributed by atoms with Gasteiger partial charge in [-0.05, 0) is 29.8 Å². The van der Waals surface area contributed by atoms with Crippen molar-refractivity contribution in [2.24, 2.45) is 0 Å². The van der Waals surface area contributed by atoms with Crippen molar-refractivity contribution in [1.82, 2.24) is 4.31 Å². The summed E-state index contributed by atoms with van der Waals surface area (Å²) in [5.74, 6) is -0.446. The van der Waals surface area contributed by atoms with Crippen LogP contribution >= 0.6 is 34.5 Å². The Morgan fingerprint density at radius 3 is 2.59 bits per heavy atom. The van der Waals surface area contributed by atoms with E-state index in [2.05, 4.69) is 0 Å². The minimum absolute atomic E-state index is 0.00458. The zero-order valence-corrected chi connectivity index (χ0v) is 17.3. The molecule has 146 valence electrons. The van der Waals surface area contributed by atoms with Crippen LogP contribution in [0.4, 0.5) is 0 Å². The second-order valence-corrected chi connectivity index (χ2v) is 9.97. The molecular weight excluding hydrogens is 433 g/mol. The number of halogens is 2.